The monoisotopic (exact) mass is 356 g/mol. The summed E-state index contributed by atoms with van der Waals surface area (Å²) in [4.78, 5) is 2.45. The number of benzene rings is 1. The van der Waals surface area contributed by atoms with Gasteiger partial charge in [-0.2, -0.15) is 0 Å². The van der Waals surface area contributed by atoms with Gasteiger partial charge in [0.25, 0.3) is 0 Å². The lowest BCUT2D eigenvalue weighted by Crippen LogP contribution is -2.41. The molecule has 1 fully saturated rings. The Morgan fingerprint density at radius 3 is 2.86 bits per heavy atom. The molecule has 0 aliphatic carbocycles. The highest BCUT2D eigenvalue weighted by Crippen LogP contribution is 2.35. The van der Waals surface area contributed by atoms with Crippen LogP contribution in [0.3, 0.4) is 0 Å². The first-order valence-electron chi connectivity index (χ1n) is 7.49. The van der Waals surface area contributed by atoms with Crippen molar-refractivity contribution in [1.82, 2.24) is 4.90 Å². The molecular formula is C16H25BrN2O2. The van der Waals surface area contributed by atoms with E-state index in [2.05, 4.69) is 26.9 Å². The van der Waals surface area contributed by atoms with Crippen molar-refractivity contribution >= 4 is 15.9 Å². The van der Waals surface area contributed by atoms with Gasteiger partial charge in [0.05, 0.1) is 19.8 Å². The number of nitrogens with zero attached hydrogens (tertiary/aromatic N) is 1. The number of ether oxygens (including phenoxy) is 2. The van der Waals surface area contributed by atoms with Gasteiger partial charge in [-0.1, -0.05) is 22.4 Å². The molecule has 4 nitrogen and oxygen atoms in total. The lowest BCUT2D eigenvalue weighted by molar-refractivity contribution is 0.114. The fourth-order valence-electron chi connectivity index (χ4n) is 3.02. The van der Waals surface area contributed by atoms with Crippen molar-refractivity contribution in [3.63, 3.8) is 0 Å². The second kappa shape index (κ2) is 8.13. The second-order valence-corrected chi connectivity index (χ2v) is 6.38. The van der Waals surface area contributed by atoms with Crippen LogP contribution in [0.5, 0.6) is 5.75 Å². The number of rotatable bonds is 5. The van der Waals surface area contributed by atoms with Crippen LogP contribution in [-0.4, -0.2) is 44.9 Å². The Morgan fingerprint density at radius 2 is 2.14 bits per heavy atom. The first kappa shape index (κ1) is 16.7. The maximum atomic E-state index is 6.49. The summed E-state index contributed by atoms with van der Waals surface area (Å²) < 4.78 is 11.7. The standard InChI is InChI=1S/C16H25BrN2O2/c1-20-10-9-19-8-4-3-5-15(18)16(19)13-11-12(21-2)6-7-14(13)17/h6-7,11,15-16H,3-5,8-10,18H2,1-2H3. The van der Waals surface area contributed by atoms with E-state index in [0.717, 1.165) is 36.3 Å². The van der Waals surface area contributed by atoms with Crippen molar-refractivity contribution < 1.29 is 9.47 Å². The van der Waals surface area contributed by atoms with Crippen LogP contribution in [0.15, 0.2) is 22.7 Å². The van der Waals surface area contributed by atoms with Crippen LogP contribution in [-0.2, 0) is 4.74 Å². The minimum atomic E-state index is 0.132. The largest absolute Gasteiger partial charge is 0.497 e. The van der Waals surface area contributed by atoms with Crippen LogP contribution in [0.1, 0.15) is 30.9 Å². The van der Waals surface area contributed by atoms with Crippen molar-refractivity contribution in [2.24, 2.45) is 5.73 Å². The first-order valence-corrected chi connectivity index (χ1v) is 8.28. The molecule has 0 aromatic heterocycles. The van der Waals surface area contributed by atoms with Crippen LogP contribution >= 0.6 is 15.9 Å². The Hall–Kier alpha value is -0.620. The van der Waals surface area contributed by atoms with E-state index < -0.39 is 0 Å². The summed E-state index contributed by atoms with van der Waals surface area (Å²) >= 11 is 3.67. The Labute approximate surface area is 135 Å². The van der Waals surface area contributed by atoms with E-state index in [4.69, 9.17) is 15.2 Å². The summed E-state index contributed by atoms with van der Waals surface area (Å²) in [5, 5.41) is 0. The van der Waals surface area contributed by atoms with E-state index in [1.165, 1.54) is 18.4 Å². The Morgan fingerprint density at radius 1 is 1.33 bits per heavy atom. The second-order valence-electron chi connectivity index (χ2n) is 5.52. The number of hydrogen-bond acceptors (Lipinski definition) is 4. The Balaban J connectivity index is 2.33. The summed E-state index contributed by atoms with van der Waals surface area (Å²) in [6.07, 6.45) is 3.43. The molecule has 1 aliphatic heterocycles. The summed E-state index contributed by atoms with van der Waals surface area (Å²) in [6, 6.07) is 6.44. The van der Waals surface area contributed by atoms with E-state index in [1.54, 1.807) is 14.2 Å². The molecule has 0 saturated carbocycles. The van der Waals surface area contributed by atoms with Gasteiger partial charge in [0.15, 0.2) is 0 Å². The average molecular weight is 357 g/mol. The summed E-state index contributed by atoms with van der Waals surface area (Å²) in [6.45, 7) is 2.69. The molecule has 2 unspecified atom stereocenters. The molecule has 0 amide bonds. The molecule has 0 spiro atoms. The number of hydrogen-bond donors (Lipinski definition) is 1. The molecule has 0 radical (unpaired) electrons. The molecule has 2 N–H and O–H groups in total. The molecule has 1 heterocycles. The lowest BCUT2D eigenvalue weighted by atomic mass is 9.96. The third kappa shape index (κ3) is 4.19. The van der Waals surface area contributed by atoms with Gasteiger partial charge in [-0.15, -0.1) is 0 Å². The topological polar surface area (TPSA) is 47.7 Å². The molecule has 1 aromatic carbocycles. The Kier molecular flexibility index (Phi) is 6.48. The molecule has 1 saturated heterocycles. The van der Waals surface area contributed by atoms with Gasteiger partial charge in [0.1, 0.15) is 5.75 Å². The summed E-state index contributed by atoms with van der Waals surface area (Å²) in [5.74, 6) is 0.872. The number of likely N-dealkylation sites (tertiary alicyclic amines) is 1. The van der Waals surface area contributed by atoms with Gasteiger partial charge in [0, 0.05) is 24.2 Å². The molecule has 21 heavy (non-hydrogen) atoms. The van der Waals surface area contributed by atoms with E-state index >= 15 is 0 Å². The maximum absolute atomic E-state index is 6.49. The summed E-state index contributed by atoms with van der Waals surface area (Å²) in [7, 11) is 3.44. The fourth-order valence-corrected chi connectivity index (χ4v) is 3.51. The molecule has 0 bridgehead atoms. The van der Waals surface area contributed by atoms with Crippen molar-refractivity contribution in [1.29, 1.82) is 0 Å². The van der Waals surface area contributed by atoms with E-state index in [1.807, 2.05) is 12.1 Å². The van der Waals surface area contributed by atoms with Gasteiger partial charge in [0.2, 0.25) is 0 Å². The van der Waals surface area contributed by atoms with Crippen LogP contribution in [0.25, 0.3) is 0 Å². The van der Waals surface area contributed by atoms with Gasteiger partial charge in [-0.25, -0.2) is 0 Å². The summed E-state index contributed by atoms with van der Waals surface area (Å²) in [5.41, 5.74) is 7.70. The SMILES string of the molecule is COCCN1CCCCC(N)C1c1cc(OC)ccc1Br. The van der Waals surface area contributed by atoms with Crippen molar-refractivity contribution in [2.75, 3.05) is 33.9 Å². The first-order chi connectivity index (χ1) is 10.2. The third-order valence-corrected chi connectivity index (χ3v) is 4.86. The van der Waals surface area contributed by atoms with Gasteiger partial charge in [-0.05, 0) is 43.1 Å². The number of methoxy groups -OCH3 is 2. The van der Waals surface area contributed by atoms with Gasteiger partial charge in [-0.3, -0.25) is 4.90 Å². The van der Waals surface area contributed by atoms with Crippen molar-refractivity contribution in [2.45, 2.75) is 31.3 Å². The van der Waals surface area contributed by atoms with Gasteiger partial charge >= 0.3 is 0 Å². The molecule has 1 aliphatic rings. The maximum Gasteiger partial charge on any atom is 0.119 e. The molecular weight excluding hydrogens is 332 g/mol. The smallest absolute Gasteiger partial charge is 0.119 e. The van der Waals surface area contributed by atoms with Gasteiger partial charge < -0.3 is 15.2 Å². The zero-order valence-corrected chi connectivity index (χ0v) is 14.4. The molecule has 1 aromatic rings. The fraction of sp³-hybridized carbons (Fsp3) is 0.625. The van der Waals surface area contributed by atoms with Crippen LogP contribution in [0.2, 0.25) is 0 Å². The minimum absolute atomic E-state index is 0.132. The lowest BCUT2D eigenvalue weighted by Gasteiger charge is -2.34. The average Bonchev–Trinajstić information content (AvgIpc) is 2.67. The van der Waals surface area contributed by atoms with Crippen LogP contribution in [0.4, 0.5) is 0 Å². The quantitative estimate of drug-likeness (QED) is 0.880. The van der Waals surface area contributed by atoms with E-state index in [9.17, 15) is 0 Å². The highest BCUT2D eigenvalue weighted by Gasteiger charge is 2.30. The van der Waals surface area contributed by atoms with Crippen molar-refractivity contribution in [3.05, 3.63) is 28.2 Å². The van der Waals surface area contributed by atoms with Crippen LogP contribution < -0.4 is 10.5 Å². The normalized spacial score (nSPS) is 23.8. The third-order valence-electron chi connectivity index (χ3n) is 4.14. The molecule has 118 valence electrons. The number of nitrogens with two attached hydrogens (primary N) is 1. The highest BCUT2D eigenvalue weighted by atomic mass is 79.9. The molecule has 5 heteroatoms. The molecule has 2 rings (SSSR count). The zero-order valence-electron chi connectivity index (χ0n) is 12.8. The van der Waals surface area contributed by atoms with Crippen molar-refractivity contribution in [3.8, 4) is 5.75 Å². The zero-order chi connectivity index (χ0) is 15.2. The predicted octanol–water partition coefficient (Wildman–Crippen LogP) is 2.96. The van der Waals surface area contributed by atoms with E-state index in [-0.39, 0.29) is 12.1 Å². The highest BCUT2D eigenvalue weighted by molar-refractivity contribution is 9.10. The Bertz CT molecular complexity index is 456. The predicted molar refractivity (Wildman–Crippen MR) is 88.7 cm³/mol. The molecule has 2 atom stereocenters. The minimum Gasteiger partial charge on any atom is -0.497 e. The van der Waals surface area contributed by atoms with Crippen LogP contribution in [0, 0.1) is 0 Å². The van der Waals surface area contributed by atoms with E-state index in [0.29, 0.717) is 0 Å². The number of halogens is 1.